The fourth-order valence-electron chi connectivity index (χ4n) is 1.11. The van der Waals surface area contributed by atoms with Gasteiger partial charge in [0.25, 0.3) is 6.01 Å². The Balaban J connectivity index is 2.52. The summed E-state index contributed by atoms with van der Waals surface area (Å²) in [6.45, 7) is 0. The number of hydrogen-bond acceptors (Lipinski definition) is 3. The average molecular weight is 257 g/mol. The lowest BCUT2D eigenvalue weighted by Crippen LogP contribution is -1.86. The molecule has 2 N–H and O–H groups in total. The first-order valence-corrected chi connectivity index (χ1v) is 4.62. The van der Waals surface area contributed by atoms with Crippen LogP contribution in [0.1, 0.15) is 0 Å². The van der Waals surface area contributed by atoms with Crippen LogP contribution >= 0.6 is 15.9 Å². The van der Waals surface area contributed by atoms with E-state index in [1.807, 2.05) is 0 Å². The molecule has 0 saturated carbocycles. The van der Waals surface area contributed by atoms with Crippen molar-refractivity contribution in [2.24, 2.45) is 0 Å². The normalized spacial score (nSPS) is 10.4. The van der Waals surface area contributed by atoms with Gasteiger partial charge in [-0.25, -0.2) is 4.39 Å². The molecule has 0 aliphatic rings. The predicted octanol–water partition coefficient (Wildman–Crippen LogP) is 2.83. The van der Waals surface area contributed by atoms with E-state index < -0.39 is 0 Å². The zero-order valence-corrected chi connectivity index (χ0v) is 8.58. The summed E-state index contributed by atoms with van der Waals surface area (Å²) in [5, 5.41) is 0. The number of nitrogens with two attached hydrogens (primary N) is 1. The standard InChI is InChI=1S/C9H6BrFN2O/c10-5-1-2-6(7(11)3-5)8-4-14-9(12)13-8/h1-4H,(H2,12,13). The third-order valence-electron chi connectivity index (χ3n) is 1.73. The number of nitrogen functional groups attached to an aromatic ring is 1. The highest BCUT2D eigenvalue weighted by molar-refractivity contribution is 9.10. The molecule has 3 nitrogen and oxygen atoms in total. The van der Waals surface area contributed by atoms with E-state index in [-0.39, 0.29) is 11.8 Å². The van der Waals surface area contributed by atoms with Gasteiger partial charge in [0.2, 0.25) is 0 Å². The highest BCUT2D eigenvalue weighted by atomic mass is 79.9. The van der Waals surface area contributed by atoms with Gasteiger partial charge in [-0.15, -0.1) is 0 Å². The van der Waals surface area contributed by atoms with Crippen LogP contribution in [0.15, 0.2) is 33.4 Å². The van der Waals surface area contributed by atoms with Crippen LogP contribution in [0.5, 0.6) is 0 Å². The molecule has 0 saturated heterocycles. The van der Waals surface area contributed by atoms with Crippen molar-refractivity contribution in [1.29, 1.82) is 0 Å². The molecule has 14 heavy (non-hydrogen) atoms. The molecule has 0 fully saturated rings. The molecule has 1 aromatic carbocycles. The maximum atomic E-state index is 13.4. The van der Waals surface area contributed by atoms with Gasteiger partial charge in [-0.1, -0.05) is 15.9 Å². The summed E-state index contributed by atoms with van der Waals surface area (Å²) < 4.78 is 18.9. The number of benzene rings is 1. The molecule has 0 spiro atoms. The third-order valence-corrected chi connectivity index (χ3v) is 2.22. The number of oxazole rings is 1. The molecule has 0 amide bonds. The van der Waals surface area contributed by atoms with E-state index in [4.69, 9.17) is 10.2 Å². The first-order chi connectivity index (χ1) is 6.66. The summed E-state index contributed by atoms with van der Waals surface area (Å²) >= 11 is 3.17. The summed E-state index contributed by atoms with van der Waals surface area (Å²) in [4.78, 5) is 3.83. The molecule has 0 unspecified atom stereocenters. The van der Waals surface area contributed by atoms with Crippen LogP contribution in [0.2, 0.25) is 0 Å². The van der Waals surface area contributed by atoms with Crippen molar-refractivity contribution in [3.05, 3.63) is 34.8 Å². The lowest BCUT2D eigenvalue weighted by molar-refractivity contribution is 0.580. The molecule has 1 aromatic heterocycles. The Hall–Kier alpha value is -1.36. The molecule has 0 bridgehead atoms. The largest absolute Gasteiger partial charge is 0.432 e. The molecule has 72 valence electrons. The fraction of sp³-hybridized carbons (Fsp3) is 0. The first-order valence-electron chi connectivity index (χ1n) is 3.83. The highest BCUT2D eigenvalue weighted by Gasteiger charge is 2.09. The molecule has 2 aromatic rings. The van der Waals surface area contributed by atoms with E-state index >= 15 is 0 Å². The molecule has 0 aliphatic carbocycles. The van der Waals surface area contributed by atoms with Gasteiger partial charge in [0, 0.05) is 10.0 Å². The van der Waals surface area contributed by atoms with Gasteiger partial charge in [0.15, 0.2) is 0 Å². The lowest BCUT2D eigenvalue weighted by atomic mass is 10.1. The Bertz CT molecular complexity index is 470. The number of hydrogen-bond donors (Lipinski definition) is 1. The minimum atomic E-state index is -0.368. The van der Waals surface area contributed by atoms with E-state index in [2.05, 4.69) is 20.9 Å². The monoisotopic (exact) mass is 256 g/mol. The van der Waals surface area contributed by atoms with E-state index in [0.717, 1.165) is 0 Å². The lowest BCUT2D eigenvalue weighted by Gasteiger charge is -1.98. The second-order valence-electron chi connectivity index (χ2n) is 2.70. The molecule has 0 atom stereocenters. The number of anilines is 1. The van der Waals surface area contributed by atoms with E-state index in [1.165, 1.54) is 12.3 Å². The number of rotatable bonds is 1. The summed E-state index contributed by atoms with van der Waals surface area (Å²) in [5.41, 5.74) is 6.05. The third kappa shape index (κ3) is 1.63. The van der Waals surface area contributed by atoms with Crippen molar-refractivity contribution in [1.82, 2.24) is 4.98 Å². The number of aromatic nitrogens is 1. The van der Waals surface area contributed by atoms with Crippen molar-refractivity contribution < 1.29 is 8.81 Å². The fourth-order valence-corrected chi connectivity index (χ4v) is 1.44. The zero-order chi connectivity index (χ0) is 10.1. The van der Waals surface area contributed by atoms with Crippen LogP contribution in [-0.2, 0) is 0 Å². The Morgan fingerprint density at radius 2 is 2.21 bits per heavy atom. The Labute approximate surface area is 87.9 Å². The van der Waals surface area contributed by atoms with E-state index in [1.54, 1.807) is 12.1 Å². The second kappa shape index (κ2) is 3.42. The Kier molecular flexibility index (Phi) is 2.25. The summed E-state index contributed by atoms with van der Waals surface area (Å²) in [6, 6.07) is 4.72. The SMILES string of the molecule is Nc1nc(-c2ccc(Br)cc2F)co1. The number of halogens is 2. The summed E-state index contributed by atoms with van der Waals surface area (Å²) in [5.74, 6) is -0.368. The Morgan fingerprint density at radius 3 is 2.79 bits per heavy atom. The van der Waals surface area contributed by atoms with Crippen LogP contribution in [-0.4, -0.2) is 4.98 Å². The maximum Gasteiger partial charge on any atom is 0.292 e. The first kappa shape index (κ1) is 9.21. The number of nitrogens with zero attached hydrogens (tertiary/aromatic N) is 1. The molecular formula is C9H6BrFN2O. The van der Waals surface area contributed by atoms with Crippen molar-refractivity contribution in [3.8, 4) is 11.3 Å². The minimum Gasteiger partial charge on any atom is -0.432 e. The van der Waals surface area contributed by atoms with Crippen LogP contribution in [0.3, 0.4) is 0 Å². The predicted molar refractivity (Wildman–Crippen MR) is 54.0 cm³/mol. The average Bonchev–Trinajstić information content (AvgIpc) is 2.51. The highest BCUT2D eigenvalue weighted by Crippen LogP contribution is 2.25. The summed E-state index contributed by atoms with van der Waals surface area (Å²) in [6.07, 6.45) is 1.32. The second-order valence-corrected chi connectivity index (χ2v) is 3.61. The molecule has 0 aliphatic heterocycles. The van der Waals surface area contributed by atoms with Crippen LogP contribution in [0.25, 0.3) is 11.3 Å². The van der Waals surface area contributed by atoms with E-state index in [9.17, 15) is 4.39 Å². The smallest absolute Gasteiger partial charge is 0.292 e. The van der Waals surface area contributed by atoms with Gasteiger partial charge in [0.05, 0.1) is 0 Å². The van der Waals surface area contributed by atoms with Crippen LogP contribution in [0, 0.1) is 5.82 Å². The van der Waals surface area contributed by atoms with Crippen LogP contribution < -0.4 is 5.73 Å². The maximum absolute atomic E-state index is 13.4. The van der Waals surface area contributed by atoms with Crippen molar-refractivity contribution in [3.63, 3.8) is 0 Å². The van der Waals surface area contributed by atoms with Gasteiger partial charge in [-0.05, 0) is 18.2 Å². The topological polar surface area (TPSA) is 52.0 Å². The molecule has 0 radical (unpaired) electrons. The van der Waals surface area contributed by atoms with E-state index in [0.29, 0.717) is 15.7 Å². The zero-order valence-electron chi connectivity index (χ0n) is 7.00. The van der Waals surface area contributed by atoms with Gasteiger partial charge < -0.3 is 10.2 Å². The Morgan fingerprint density at radius 1 is 1.43 bits per heavy atom. The van der Waals surface area contributed by atoms with Crippen LogP contribution in [0.4, 0.5) is 10.4 Å². The molecular weight excluding hydrogens is 251 g/mol. The van der Waals surface area contributed by atoms with Crippen molar-refractivity contribution >= 4 is 21.9 Å². The van der Waals surface area contributed by atoms with Gasteiger partial charge >= 0.3 is 0 Å². The molecule has 2 rings (SSSR count). The van der Waals surface area contributed by atoms with Gasteiger partial charge in [-0.2, -0.15) is 4.98 Å². The summed E-state index contributed by atoms with van der Waals surface area (Å²) in [7, 11) is 0. The molecule has 5 heteroatoms. The minimum absolute atomic E-state index is 0.0299. The van der Waals surface area contributed by atoms with Gasteiger partial charge in [0.1, 0.15) is 17.8 Å². The van der Waals surface area contributed by atoms with Crippen molar-refractivity contribution in [2.45, 2.75) is 0 Å². The van der Waals surface area contributed by atoms with Crippen molar-refractivity contribution in [2.75, 3.05) is 5.73 Å². The quantitative estimate of drug-likeness (QED) is 0.854. The molecule has 1 heterocycles. The van der Waals surface area contributed by atoms with Gasteiger partial charge in [-0.3, -0.25) is 0 Å².